The van der Waals surface area contributed by atoms with Crippen LogP contribution in [0.2, 0.25) is 0 Å². The molecule has 3 aliphatic rings. The Kier molecular flexibility index (Phi) is 9.70. The number of hydrogen-bond acceptors (Lipinski definition) is 9. The van der Waals surface area contributed by atoms with E-state index >= 15 is 0 Å². The van der Waals surface area contributed by atoms with Crippen LogP contribution in [0.25, 0.3) is 44.5 Å². The topological polar surface area (TPSA) is 188 Å². The number of nitrogens with zero attached hydrogens (tertiary/aromatic N) is 4. The van der Waals surface area contributed by atoms with Gasteiger partial charge in [0.25, 0.3) is 0 Å². The number of nitrogens with one attached hydrogen (secondary N) is 4. The van der Waals surface area contributed by atoms with E-state index in [1.54, 1.807) is 11.1 Å². The van der Waals surface area contributed by atoms with Gasteiger partial charge in [-0.15, -0.1) is 0 Å². The SMILES string of the molecule is COC(=O)NCC(=O)N1CCC[C@H]1c1ncc(-c2ccc3c(c2)oc2cc(-c4cnc([C@@H]5[C@H]6CCCC(C6)N5C(=O)[C@@H](NC(=O)OC)C(C)C)[nH]4)ccc23)[nH]1. The fourth-order valence-electron chi connectivity index (χ4n) is 8.80. The molecule has 8 rings (SSSR count). The van der Waals surface area contributed by atoms with Crippen LogP contribution in [-0.4, -0.2) is 93.1 Å². The van der Waals surface area contributed by atoms with E-state index in [1.165, 1.54) is 14.2 Å². The van der Waals surface area contributed by atoms with Crippen LogP contribution in [0.1, 0.15) is 76.1 Å². The van der Waals surface area contributed by atoms with Crippen molar-refractivity contribution in [2.45, 2.75) is 76.5 Å². The van der Waals surface area contributed by atoms with E-state index in [9.17, 15) is 19.2 Å². The first kappa shape index (κ1) is 36.1. The minimum absolute atomic E-state index is 0.0964. The first-order valence-electron chi connectivity index (χ1n) is 19.0. The number of alkyl carbamates (subject to hydrolysis) is 2. The number of carbonyl (C=O) groups is 4. The molecule has 5 heterocycles. The summed E-state index contributed by atoms with van der Waals surface area (Å²) >= 11 is 0. The van der Waals surface area contributed by atoms with Gasteiger partial charge >= 0.3 is 12.2 Å². The van der Waals surface area contributed by atoms with Crippen molar-refractivity contribution in [3.05, 3.63) is 60.4 Å². The molecule has 288 valence electrons. The number of fused-ring (bicyclic) bond motifs is 5. The number of benzene rings is 2. The average molecular weight is 751 g/mol. The number of furan rings is 1. The van der Waals surface area contributed by atoms with Crippen molar-refractivity contribution < 1.29 is 33.1 Å². The molecular formula is C40H46N8O7. The molecule has 2 bridgehead atoms. The number of likely N-dealkylation sites (tertiary alicyclic amines) is 2. The Balaban J connectivity index is 1.02. The zero-order valence-corrected chi connectivity index (χ0v) is 31.4. The number of aromatic nitrogens is 4. The zero-order chi connectivity index (χ0) is 38.4. The summed E-state index contributed by atoms with van der Waals surface area (Å²) in [6, 6.07) is 11.1. The maximum Gasteiger partial charge on any atom is 0.407 e. The van der Waals surface area contributed by atoms with Crippen LogP contribution >= 0.6 is 0 Å². The third-order valence-electron chi connectivity index (χ3n) is 11.5. The van der Waals surface area contributed by atoms with Crippen LogP contribution in [0.4, 0.5) is 9.59 Å². The molecule has 2 saturated heterocycles. The molecule has 15 nitrogen and oxygen atoms in total. The lowest BCUT2D eigenvalue weighted by Gasteiger charge is -2.33. The Bertz CT molecular complexity index is 2260. The molecule has 1 unspecified atom stereocenters. The molecule has 2 aromatic carbocycles. The Labute approximate surface area is 317 Å². The van der Waals surface area contributed by atoms with E-state index in [2.05, 4.69) is 36.4 Å². The van der Waals surface area contributed by atoms with Crippen molar-refractivity contribution in [2.75, 3.05) is 27.3 Å². The summed E-state index contributed by atoms with van der Waals surface area (Å²) in [6.07, 6.45) is 7.84. The standard InChI is InChI=1S/C40H46N8O7/c1-21(2)34(46-40(52)54-4)38(50)48-25-8-5-7-24(15-25)35(48)37-42-19-29(45-37)23-11-13-27-26-12-10-22(16-31(26)55-32(27)17-23)28-18-41-36(44-28)30-9-6-14-47(30)33(49)20-43-39(51)53-3/h10-13,16-19,21,24-25,30,34-35H,5-9,14-15,20H2,1-4H3,(H,41,44)(H,42,45)(H,43,51)(H,46,52)/t24-,25?,30-,34-,35-/m0/s1. The fourth-order valence-corrected chi connectivity index (χ4v) is 8.80. The van der Waals surface area contributed by atoms with Gasteiger partial charge in [-0.3, -0.25) is 9.59 Å². The normalized spacial score (nSPS) is 21.3. The Morgan fingerprint density at radius 2 is 1.53 bits per heavy atom. The van der Waals surface area contributed by atoms with Gasteiger partial charge in [0, 0.05) is 34.5 Å². The summed E-state index contributed by atoms with van der Waals surface area (Å²) < 4.78 is 15.9. The summed E-state index contributed by atoms with van der Waals surface area (Å²) in [4.78, 5) is 70.8. The van der Waals surface area contributed by atoms with Crippen LogP contribution in [0, 0.1) is 11.8 Å². The van der Waals surface area contributed by atoms with Crippen molar-refractivity contribution in [3.8, 4) is 22.5 Å². The smallest absolute Gasteiger partial charge is 0.407 e. The molecule has 5 aromatic rings. The van der Waals surface area contributed by atoms with E-state index in [0.29, 0.717) is 12.4 Å². The molecule has 5 atom stereocenters. The van der Waals surface area contributed by atoms with Gasteiger partial charge in [-0.1, -0.05) is 32.4 Å². The third-order valence-corrected chi connectivity index (χ3v) is 11.5. The molecule has 1 aliphatic carbocycles. The van der Waals surface area contributed by atoms with E-state index in [1.807, 2.05) is 55.3 Å². The van der Waals surface area contributed by atoms with E-state index < -0.39 is 18.2 Å². The van der Waals surface area contributed by atoms with E-state index in [0.717, 1.165) is 88.8 Å². The van der Waals surface area contributed by atoms with Gasteiger partial charge in [-0.05, 0) is 68.2 Å². The number of hydrogen-bond donors (Lipinski definition) is 4. The Morgan fingerprint density at radius 1 is 0.873 bits per heavy atom. The van der Waals surface area contributed by atoms with Crippen molar-refractivity contribution in [2.24, 2.45) is 11.8 Å². The molecule has 0 radical (unpaired) electrons. The molecule has 1 saturated carbocycles. The number of methoxy groups -OCH3 is 2. The van der Waals surface area contributed by atoms with Gasteiger partial charge < -0.3 is 44.3 Å². The second-order valence-corrected chi connectivity index (χ2v) is 15.1. The molecule has 3 fully saturated rings. The molecule has 2 aliphatic heterocycles. The highest BCUT2D eigenvalue weighted by Gasteiger charge is 2.49. The lowest BCUT2D eigenvalue weighted by molar-refractivity contribution is -0.138. The predicted octanol–water partition coefficient (Wildman–Crippen LogP) is 6.21. The van der Waals surface area contributed by atoms with Crippen molar-refractivity contribution in [1.82, 2.24) is 40.4 Å². The van der Waals surface area contributed by atoms with Gasteiger partial charge in [0.1, 0.15) is 35.4 Å². The van der Waals surface area contributed by atoms with Gasteiger partial charge in [0.2, 0.25) is 11.8 Å². The molecule has 15 heteroatoms. The third kappa shape index (κ3) is 6.76. The number of ether oxygens (including phenoxy) is 2. The lowest BCUT2D eigenvalue weighted by Crippen LogP contribution is -2.53. The molecule has 55 heavy (non-hydrogen) atoms. The quantitative estimate of drug-likeness (QED) is 0.136. The number of H-pyrrole nitrogens is 2. The minimum atomic E-state index is -0.702. The highest BCUT2D eigenvalue weighted by molar-refractivity contribution is 6.06. The summed E-state index contributed by atoms with van der Waals surface area (Å²) in [5.74, 6) is 1.30. The molecule has 4 amide bonds. The van der Waals surface area contributed by atoms with Crippen LogP contribution < -0.4 is 10.6 Å². The maximum absolute atomic E-state index is 14.1. The van der Waals surface area contributed by atoms with Crippen molar-refractivity contribution in [3.63, 3.8) is 0 Å². The second kappa shape index (κ2) is 14.8. The molecule has 3 aromatic heterocycles. The summed E-state index contributed by atoms with van der Waals surface area (Å²) in [7, 11) is 2.57. The van der Waals surface area contributed by atoms with Crippen LogP contribution in [0.3, 0.4) is 0 Å². The van der Waals surface area contributed by atoms with Crippen LogP contribution in [-0.2, 0) is 19.1 Å². The van der Waals surface area contributed by atoms with Gasteiger partial charge in [0.15, 0.2) is 0 Å². The van der Waals surface area contributed by atoms with Crippen LogP contribution in [0.15, 0.2) is 53.2 Å². The Morgan fingerprint density at radius 3 is 2.18 bits per heavy atom. The number of rotatable bonds is 9. The van der Waals surface area contributed by atoms with E-state index in [-0.39, 0.29) is 48.3 Å². The fraction of sp³-hybridized carbons (Fsp3) is 0.450. The van der Waals surface area contributed by atoms with Crippen molar-refractivity contribution in [1.29, 1.82) is 0 Å². The monoisotopic (exact) mass is 750 g/mol. The highest BCUT2D eigenvalue weighted by atomic mass is 16.5. The summed E-state index contributed by atoms with van der Waals surface area (Å²) in [5, 5.41) is 7.19. The number of imidazole rings is 2. The van der Waals surface area contributed by atoms with E-state index in [4.69, 9.17) is 14.1 Å². The van der Waals surface area contributed by atoms with Gasteiger partial charge in [0.05, 0.1) is 50.1 Å². The summed E-state index contributed by atoms with van der Waals surface area (Å²) in [6.45, 7) is 4.30. The largest absolute Gasteiger partial charge is 0.456 e. The van der Waals surface area contributed by atoms with Gasteiger partial charge in [-0.25, -0.2) is 19.6 Å². The van der Waals surface area contributed by atoms with Gasteiger partial charge in [-0.2, -0.15) is 0 Å². The average Bonchev–Trinajstić information content (AvgIpc) is 4.04. The van der Waals surface area contributed by atoms with Crippen molar-refractivity contribution >= 4 is 45.9 Å². The van der Waals surface area contributed by atoms with Crippen LogP contribution in [0.5, 0.6) is 0 Å². The number of amides is 4. The first-order valence-corrected chi connectivity index (χ1v) is 19.0. The predicted molar refractivity (Wildman–Crippen MR) is 202 cm³/mol. The minimum Gasteiger partial charge on any atom is -0.456 e. The highest BCUT2D eigenvalue weighted by Crippen LogP contribution is 2.48. The molecular weight excluding hydrogens is 704 g/mol. The first-order chi connectivity index (χ1) is 26.6. The molecule has 0 spiro atoms. The second-order valence-electron chi connectivity index (χ2n) is 15.1. The zero-order valence-electron chi connectivity index (χ0n) is 31.4. The molecule has 4 N–H and O–H groups in total. The lowest BCUT2D eigenvalue weighted by atomic mass is 9.87. The number of aromatic amines is 2. The maximum atomic E-state index is 14.1. The summed E-state index contributed by atoms with van der Waals surface area (Å²) in [5.41, 5.74) is 4.89. The number of carbonyl (C=O) groups excluding carboxylic acids is 4. The Hall–Kier alpha value is -5.86.